The Kier molecular flexibility index (Phi) is 4.22. The summed E-state index contributed by atoms with van der Waals surface area (Å²) >= 11 is 0. The van der Waals surface area contributed by atoms with Crippen LogP contribution in [0.5, 0.6) is 0 Å². The van der Waals surface area contributed by atoms with E-state index in [0.717, 1.165) is 31.7 Å². The lowest BCUT2D eigenvalue weighted by Gasteiger charge is -2.37. The van der Waals surface area contributed by atoms with E-state index in [-0.39, 0.29) is 5.91 Å². The Morgan fingerprint density at radius 3 is 2.26 bits per heavy atom. The number of benzene rings is 1. The minimum absolute atomic E-state index is 0.100. The van der Waals surface area contributed by atoms with E-state index in [1.807, 2.05) is 49.1 Å². The third kappa shape index (κ3) is 4.04. The number of β-amino-alcohol motifs (C(OH)–C–C–N with tert-alkyl or cyclic N) is 1. The van der Waals surface area contributed by atoms with Crippen LogP contribution >= 0.6 is 0 Å². The van der Waals surface area contributed by atoms with E-state index in [1.165, 1.54) is 0 Å². The zero-order valence-electron chi connectivity index (χ0n) is 11.7. The fourth-order valence-corrected chi connectivity index (χ4v) is 2.42. The molecule has 0 saturated carbocycles. The lowest BCUT2D eigenvalue weighted by molar-refractivity contribution is 0.0178. The van der Waals surface area contributed by atoms with Crippen LogP contribution in [0.4, 0.5) is 0 Å². The van der Waals surface area contributed by atoms with Crippen molar-refractivity contribution in [3.05, 3.63) is 35.9 Å². The van der Waals surface area contributed by atoms with Crippen LogP contribution in [0.15, 0.2) is 30.3 Å². The van der Waals surface area contributed by atoms with Crippen molar-refractivity contribution in [3.8, 4) is 0 Å². The van der Waals surface area contributed by atoms with Gasteiger partial charge in [-0.05, 0) is 26.0 Å². The fraction of sp³-hybridized carbons (Fsp3) is 0.533. The number of carbonyl (C=O) groups is 1. The molecule has 0 spiro atoms. The lowest BCUT2D eigenvalue weighted by Crippen LogP contribution is -2.51. The van der Waals surface area contributed by atoms with Crippen molar-refractivity contribution < 1.29 is 9.90 Å². The van der Waals surface area contributed by atoms with Gasteiger partial charge in [-0.15, -0.1) is 0 Å². The van der Waals surface area contributed by atoms with Crippen molar-refractivity contribution >= 4 is 5.91 Å². The van der Waals surface area contributed by atoms with Crippen molar-refractivity contribution in [3.63, 3.8) is 0 Å². The Morgan fingerprint density at radius 1 is 1.16 bits per heavy atom. The first-order chi connectivity index (χ1) is 8.96. The highest BCUT2D eigenvalue weighted by atomic mass is 16.3. The van der Waals surface area contributed by atoms with Gasteiger partial charge in [0.15, 0.2) is 0 Å². The minimum atomic E-state index is -0.675. The molecular formula is C15H22N2O2. The summed E-state index contributed by atoms with van der Waals surface area (Å²) in [6.45, 7) is 7.38. The van der Waals surface area contributed by atoms with Crippen LogP contribution in [-0.4, -0.2) is 59.1 Å². The second-order valence-corrected chi connectivity index (χ2v) is 5.75. The molecule has 1 aromatic carbocycles. The smallest absolute Gasteiger partial charge is 0.253 e. The number of hydrogen-bond donors (Lipinski definition) is 1. The molecule has 0 aliphatic carbocycles. The maximum atomic E-state index is 12.2. The zero-order chi connectivity index (χ0) is 13.9. The monoisotopic (exact) mass is 262 g/mol. The molecule has 4 heteroatoms. The standard InChI is InChI=1S/C15H22N2O2/c1-15(2,19)12-16-8-10-17(11-9-16)14(18)13-6-4-3-5-7-13/h3-7,19H,8-12H2,1-2H3. The molecule has 4 nitrogen and oxygen atoms in total. The summed E-state index contributed by atoms with van der Waals surface area (Å²) in [5.41, 5.74) is 0.0736. The van der Waals surface area contributed by atoms with Gasteiger partial charge in [0, 0.05) is 38.3 Å². The molecule has 1 aromatic rings. The van der Waals surface area contributed by atoms with Gasteiger partial charge in [-0.2, -0.15) is 0 Å². The third-order valence-corrected chi connectivity index (χ3v) is 3.29. The van der Waals surface area contributed by atoms with Crippen LogP contribution in [0.25, 0.3) is 0 Å². The first-order valence-corrected chi connectivity index (χ1v) is 6.75. The molecule has 1 amide bonds. The molecule has 0 unspecified atom stereocenters. The Balaban J connectivity index is 1.88. The quantitative estimate of drug-likeness (QED) is 0.890. The van der Waals surface area contributed by atoms with Crippen molar-refractivity contribution in [2.45, 2.75) is 19.4 Å². The first-order valence-electron chi connectivity index (χ1n) is 6.75. The molecule has 19 heavy (non-hydrogen) atoms. The Bertz CT molecular complexity index is 418. The lowest BCUT2D eigenvalue weighted by atomic mass is 10.1. The summed E-state index contributed by atoms with van der Waals surface area (Å²) in [6, 6.07) is 9.39. The molecule has 1 aliphatic rings. The minimum Gasteiger partial charge on any atom is -0.389 e. The number of aliphatic hydroxyl groups is 1. The molecule has 2 rings (SSSR count). The molecule has 104 valence electrons. The van der Waals surface area contributed by atoms with Crippen molar-refractivity contribution in [2.24, 2.45) is 0 Å². The van der Waals surface area contributed by atoms with Crippen LogP contribution in [0, 0.1) is 0 Å². The van der Waals surface area contributed by atoms with E-state index in [0.29, 0.717) is 6.54 Å². The van der Waals surface area contributed by atoms with E-state index in [9.17, 15) is 9.90 Å². The molecule has 0 radical (unpaired) electrons. The van der Waals surface area contributed by atoms with E-state index in [4.69, 9.17) is 0 Å². The molecule has 0 aromatic heterocycles. The van der Waals surface area contributed by atoms with Gasteiger partial charge in [-0.25, -0.2) is 0 Å². The van der Waals surface area contributed by atoms with Gasteiger partial charge in [0.25, 0.3) is 5.91 Å². The van der Waals surface area contributed by atoms with Crippen LogP contribution in [0.3, 0.4) is 0 Å². The van der Waals surface area contributed by atoms with Gasteiger partial charge in [0.2, 0.25) is 0 Å². The topological polar surface area (TPSA) is 43.8 Å². The highest BCUT2D eigenvalue weighted by molar-refractivity contribution is 5.94. The summed E-state index contributed by atoms with van der Waals surface area (Å²) in [4.78, 5) is 16.3. The predicted octanol–water partition coefficient (Wildman–Crippen LogP) is 1.22. The summed E-state index contributed by atoms with van der Waals surface area (Å²) < 4.78 is 0. The molecule has 1 saturated heterocycles. The molecular weight excluding hydrogens is 240 g/mol. The highest BCUT2D eigenvalue weighted by Gasteiger charge is 2.25. The van der Waals surface area contributed by atoms with Crippen molar-refractivity contribution in [1.82, 2.24) is 9.80 Å². The molecule has 0 atom stereocenters. The van der Waals surface area contributed by atoms with Crippen LogP contribution < -0.4 is 0 Å². The number of hydrogen-bond acceptors (Lipinski definition) is 3. The van der Waals surface area contributed by atoms with E-state index >= 15 is 0 Å². The summed E-state index contributed by atoms with van der Waals surface area (Å²) in [5.74, 6) is 0.100. The summed E-state index contributed by atoms with van der Waals surface area (Å²) in [5, 5.41) is 9.80. The molecule has 1 aliphatic heterocycles. The van der Waals surface area contributed by atoms with Crippen LogP contribution in [0.1, 0.15) is 24.2 Å². The van der Waals surface area contributed by atoms with Crippen LogP contribution in [-0.2, 0) is 0 Å². The van der Waals surface area contributed by atoms with E-state index in [1.54, 1.807) is 0 Å². The van der Waals surface area contributed by atoms with Gasteiger partial charge in [0.1, 0.15) is 0 Å². The van der Waals surface area contributed by atoms with Crippen LogP contribution in [0.2, 0.25) is 0 Å². The SMILES string of the molecule is CC(C)(O)CN1CCN(C(=O)c2ccccc2)CC1. The number of amides is 1. The average Bonchev–Trinajstić information content (AvgIpc) is 2.38. The number of piperazine rings is 1. The first kappa shape index (κ1) is 14.0. The summed E-state index contributed by atoms with van der Waals surface area (Å²) in [6.07, 6.45) is 0. The highest BCUT2D eigenvalue weighted by Crippen LogP contribution is 2.11. The molecule has 1 N–H and O–H groups in total. The molecule has 1 fully saturated rings. The Labute approximate surface area is 114 Å². The maximum absolute atomic E-state index is 12.2. The molecule has 1 heterocycles. The second-order valence-electron chi connectivity index (χ2n) is 5.75. The van der Waals surface area contributed by atoms with Crippen molar-refractivity contribution in [1.29, 1.82) is 0 Å². The van der Waals surface area contributed by atoms with Gasteiger partial charge < -0.3 is 10.0 Å². The Morgan fingerprint density at radius 2 is 1.74 bits per heavy atom. The van der Waals surface area contributed by atoms with Gasteiger partial charge in [-0.1, -0.05) is 18.2 Å². The average molecular weight is 262 g/mol. The Hall–Kier alpha value is -1.39. The number of carbonyl (C=O) groups excluding carboxylic acids is 1. The number of nitrogens with zero attached hydrogens (tertiary/aromatic N) is 2. The van der Waals surface area contributed by atoms with Gasteiger partial charge in [0.05, 0.1) is 5.60 Å². The van der Waals surface area contributed by atoms with Crippen molar-refractivity contribution in [2.75, 3.05) is 32.7 Å². The van der Waals surface area contributed by atoms with E-state index in [2.05, 4.69) is 4.90 Å². The normalized spacial score (nSPS) is 17.5. The zero-order valence-corrected chi connectivity index (χ0v) is 11.7. The molecule has 0 bridgehead atoms. The second kappa shape index (κ2) is 5.72. The maximum Gasteiger partial charge on any atom is 0.253 e. The predicted molar refractivity (Wildman–Crippen MR) is 75.1 cm³/mol. The van der Waals surface area contributed by atoms with Gasteiger partial charge in [-0.3, -0.25) is 9.69 Å². The van der Waals surface area contributed by atoms with Gasteiger partial charge >= 0.3 is 0 Å². The summed E-state index contributed by atoms with van der Waals surface area (Å²) in [7, 11) is 0. The largest absolute Gasteiger partial charge is 0.389 e. The third-order valence-electron chi connectivity index (χ3n) is 3.29. The van der Waals surface area contributed by atoms with E-state index < -0.39 is 5.60 Å². The fourth-order valence-electron chi connectivity index (χ4n) is 2.42. The number of rotatable bonds is 3.